The van der Waals surface area contributed by atoms with Crippen LogP contribution < -0.4 is 51.4 Å². The molecule has 0 aromatic heterocycles. The van der Waals surface area contributed by atoms with E-state index in [2.05, 4.69) is 39.6 Å². The molecule has 0 saturated carbocycles. The summed E-state index contributed by atoms with van der Waals surface area (Å²) in [5.41, 5.74) is -19.6. The Morgan fingerprint density at radius 2 is 0.397 bits per heavy atom. The van der Waals surface area contributed by atoms with Gasteiger partial charge in [-0.2, -0.15) is 0 Å². The van der Waals surface area contributed by atoms with Crippen molar-refractivity contribution in [2.45, 2.75) is 30.5 Å². The van der Waals surface area contributed by atoms with Crippen molar-refractivity contribution < 1.29 is 141 Å². The summed E-state index contributed by atoms with van der Waals surface area (Å²) < 4.78 is 332. The molecule has 28 heteroatoms. The molecule has 68 heavy (non-hydrogen) atoms. The van der Waals surface area contributed by atoms with Gasteiger partial charge in [-0.15, -0.1) is 21.9 Å². The minimum absolute atomic E-state index is 0. The molecule has 0 aliphatic carbocycles. The van der Waals surface area contributed by atoms with Crippen LogP contribution in [0.2, 0.25) is 0 Å². The maximum atomic E-state index is 16.5. The molecule has 0 bridgehead atoms. The van der Waals surface area contributed by atoms with Crippen molar-refractivity contribution in [2.24, 2.45) is 0 Å². The molecule has 10 rings (SSSR count). The number of epoxide rings is 5. The fraction of sp³-hybridized carbons (Fsp3) is 0.250. The first-order valence-electron chi connectivity index (χ1n) is 18.7. The van der Waals surface area contributed by atoms with Crippen molar-refractivity contribution >= 4 is 43.9 Å². The molecule has 5 heterocycles. The molecule has 5 nitrogen and oxygen atoms in total. The molecule has 0 spiro atoms. The van der Waals surface area contributed by atoms with Gasteiger partial charge in [0, 0.05) is 0 Å². The van der Waals surface area contributed by atoms with Gasteiger partial charge in [-0.05, 0) is 15.9 Å². The molecule has 0 amide bonds. The van der Waals surface area contributed by atoms with Gasteiger partial charge in [-0.25, -0.2) is 87.8 Å². The topological polar surface area (TPSA) is 62.6 Å². The molecular formula is C40H15BBrF20NaO5. The number of ether oxygens (including phenoxy) is 5. The van der Waals surface area contributed by atoms with Crippen molar-refractivity contribution in [1.29, 1.82) is 0 Å². The molecule has 5 aliphatic heterocycles. The summed E-state index contributed by atoms with van der Waals surface area (Å²) in [6, 6.07) is 0. The van der Waals surface area contributed by atoms with Gasteiger partial charge in [-0.1, -0.05) is 0 Å². The minimum atomic E-state index is -6.72. The van der Waals surface area contributed by atoms with Gasteiger partial charge in [0.05, 0.1) is 65.3 Å². The summed E-state index contributed by atoms with van der Waals surface area (Å²) >= 11 is 2.41. The van der Waals surface area contributed by atoms with Crippen LogP contribution in [-0.4, -0.2) is 39.2 Å². The van der Waals surface area contributed by atoms with E-state index in [0.29, 0.717) is 0 Å². The number of benzene rings is 5. The Kier molecular flexibility index (Phi) is 13.1. The standard InChI is InChI=1S/C32H12BF16O4.C8H3BrF4O.Na/c34-17-9(5-1-50-5)18(35)26(43)13(25(17)42)33(14-27(44)19(36)10(6-2-51-6)20(37)28(14)45,15-29(46)21(38)11(7-3-52-7)22(39)30(15)47)16-31(48)23(40)12(8-4-53-8)24(41)32(16)49;9-4-7(12)5(10)3(2-1-14-2)6(11)8(4)13;/h5-8H,1-4H2;2H,1H2;/q-1;;+1. The summed E-state index contributed by atoms with van der Waals surface area (Å²) in [4.78, 5) is 0. The maximum Gasteiger partial charge on any atom is 1.00 e. The molecule has 356 valence electrons. The maximum absolute atomic E-state index is 16.5. The Bertz CT molecular complexity index is 2550. The van der Waals surface area contributed by atoms with Crippen LogP contribution >= 0.6 is 15.9 Å². The Hall–Kier alpha value is -3.96. The predicted octanol–water partition coefficient (Wildman–Crippen LogP) is 5.66. The Morgan fingerprint density at radius 3 is 0.529 bits per heavy atom. The van der Waals surface area contributed by atoms with Crippen LogP contribution in [-0.2, 0) is 23.7 Å². The van der Waals surface area contributed by atoms with Crippen LogP contribution in [0.1, 0.15) is 58.3 Å². The first-order valence-corrected chi connectivity index (χ1v) is 19.5. The van der Waals surface area contributed by atoms with Crippen LogP contribution in [0.4, 0.5) is 87.8 Å². The zero-order valence-electron chi connectivity index (χ0n) is 33.0. The summed E-state index contributed by atoms with van der Waals surface area (Å²) in [6.45, 7) is -2.58. The first kappa shape index (κ1) is 50.4. The van der Waals surface area contributed by atoms with Crippen LogP contribution in [0.5, 0.6) is 0 Å². The average Bonchev–Trinajstić information content (AvgIpc) is 4.08. The average molecular weight is 1070 g/mol. The molecule has 5 saturated heterocycles. The van der Waals surface area contributed by atoms with E-state index in [-0.39, 0.29) is 36.2 Å². The summed E-state index contributed by atoms with van der Waals surface area (Å²) in [7, 11) is 0. The quantitative estimate of drug-likeness (QED) is 0.0629. The molecule has 5 aromatic rings. The molecule has 5 aliphatic rings. The number of hydrogen-bond donors (Lipinski definition) is 0. The number of halogens is 21. The Balaban J connectivity index is 0.000000356. The van der Waals surface area contributed by atoms with E-state index in [1.807, 2.05) is 0 Å². The zero-order chi connectivity index (χ0) is 48.8. The van der Waals surface area contributed by atoms with E-state index in [9.17, 15) is 17.6 Å². The third-order valence-electron chi connectivity index (χ3n) is 11.6. The van der Waals surface area contributed by atoms with Gasteiger partial charge in [0.1, 0.15) is 83.2 Å². The molecule has 5 fully saturated rings. The second-order valence-corrected chi connectivity index (χ2v) is 16.1. The van der Waals surface area contributed by atoms with E-state index in [4.69, 9.17) is 0 Å². The van der Waals surface area contributed by atoms with Crippen LogP contribution in [0.3, 0.4) is 0 Å². The number of hydrogen-bond acceptors (Lipinski definition) is 5. The molecule has 5 unspecified atom stereocenters. The molecule has 0 N–H and O–H groups in total. The van der Waals surface area contributed by atoms with Gasteiger partial charge in [0.15, 0.2) is 69.8 Å². The largest absolute Gasteiger partial charge is 1.00 e. The fourth-order valence-corrected chi connectivity index (χ4v) is 8.51. The third kappa shape index (κ3) is 7.55. The third-order valence-corrected chi connectivity index (χ3v) is 12.3. The van der Waals surface area contributed by atoms with Crippen molar-refractivity contribution in [2.75, 3.05) is 33.0 Å². The normalized spacial score (nSPS) is 21.8. The molecule has 0 radical (unpaired) electrons. The molecule has 5 atom stereocenters. The first-order chi connectivity index (χ1) is 31.5. The van der Waals surface area contributed by atoms with E-state index < -0.39 is 234 Å². The van der Waals surface area contributed by atoms with Crippen LogP contribution in [0.25, 0.3) is 0 Å². The zero-order valence-corrected chi connectivity index (χ0v) is 36.6. The minimum Gasteiger partial charge on any atom is -0.368 e. The van der Waals surface area contributed by atoms with E-state index in [1.54, 1.807) is 0 Å². The molecular weight excluding hydrogens is 1050 g/mol. The fourth-order valence-electron chi connectivity index (χ4n) is 8.16. The van der Waals surface area contributed by atoms with E-state index in [1.165, 1.54) is 0 Å². The van der Waals surface area contributed by atoms with Crippen molar-refractivity contribution in [3.8, 4) is 0 Å². The van der Waals surface area contributed by atoms with Crippen LogP contribution in [0, 0.1) is 116 Å². The van der Waals surface area contributed by atoms with E-state index >= 15 is 70.2 Å². The summed E-state index contributed by atoms with van der Waals surface area (Å²) in [6.07, 6.45) is -15.0. The summed E-state index contributed by atoms with van der Waals surface area (Å²) in [5.74, 6) is -52.2. The SMILES string of the molecule is Fc1c(F)c(C2CO2)c(F)c(F)c1Br.Fc1c(F)c([B-](c2c(F)c(F)c(C3CO3)c(F)c2F)(c2c(F)c(F)c(C3CO3)c(F)c2F)c2c(F)c(F)c(C3CO3)c(F)c2F)c(F)c(F)c1C1CO1.[Na+]. The van der Waals surface area contributed by atoms with Gasteiger partial charge in [0.2, 0.25) is 0 Å². The van der Waals surface area contributed by atoms with Gasteiger partial charge in [0.25, 0.3) is 0 Å². The van der Waals surface area contributed by atoms with E-state index in [0.717, 1.165) is 0 Å². The predicted molar refractivity (Wildman–Crippen MR) is 187 cm³/mol. The van der Waals surface area contributed by atoms with Gasteiger partial charge in [-0.3, -0.25) is 0 Å². The second kappa shape index (κ2) is 17.7. The van der Waals surface area contributed by atoms with Gasteiger partial charge >= 0.3 is 29.6 Å². The Labute approximate surface area is 395 Å². The van der Waals surface area contributed by atoms with Crippen LogP contribution in [0.15, 0.2) is 4.47 Å². The Morgan fingerprint density at radius 1 is 0.265 bits per heavy atom. The second-order valence-electron chi connectivity index (χ2n) is 15.3. The monoisotopic (exact) mass is 1070 g/mol. The summed E-state index contributed by atoms with van der Waals surface area (Å²) in [5, 5.41) is 0. The number of rotatable bonds is 9. The smallest absolute Gasteiger partial charge is 0.368 e. The van der Waals surface area contributed by atoms with Crippen molar-refractivity contribution in [3.05, 3.63) is 149 Å². The molecule has 5 aromatic carbocycles. The van der Waals surface area contributed by atoms with Crippen molar-refractivity contribution in [1.82, 2.24) is 0 Å². The van der Waals surface area contributed by atoms with Gasteiger partial charge < -0.3 is 23.7 Å². The van der Waals surface area contributed by atoms with Crippen molar-refractivity contribution in [3.63, 3.8) is 0 Å².